The lowest BCUT2D eigenvalue weighted by molar-refractivity contribution is -0.0111. The summed E-state index contributed by atoms with van der Waals surface area (Å²) in [7, 11) is 1.68. The van der Waals surface area contributed by atoms with Crippen molar-refractivity contribution in [3.8, 4) is 0 Å². The molecule has 0 aliphatic rings. The summed E-state index contributed by atoms with van der Waals surface area (Å²) in [5, 5.41) is 8.54. The van der Waals surface area contributed by atoms with Crippen molar-refractivity contribution in [1.82, 2.24) is 0 Å². The third kappa shape index (κ3) is 6.08. The first kappa shape index (κ1) is 13.6. The highest BCUT2D eigenvalue weighted by atomic mass is 16.5. The first-order valence-corrected chi connectivity index (χ1v) is 5.18. The van der Waals surface area contributed by atoms with E-state index in [2.05, 4.69) is 24.1 Å². The molecule has 0 spiro atoms. The van der Waals surface area contributed by atoms with Crippen LogP contribution in [0.15, 0.2) is 10.2 Å². The monoisotopic (exact) mass is 200 g/mol. The van der Waals surface area contributed by atoms with Crippen LogP contribution in [0.4, 0.5) is 0 Å². The molecule has 0 aliphatic heterocycles. The van der Waals surface area contributed by atoms with Crippen LogP contribution in [0.5, 0.6) is 0 Å². The number of ether oxygens (including phenoxy) is 1. The van der Waals surface area contributed by atoms with Crippen molar-refractivity contribution < 1.29 is 4.74 Å². The molecule has 0 aromatic carbocycles. The van der Waals surface area contributed by atoms with E-state index < -0.39 is 5.72 Å². The second-order valence-electron chi connectivity index (χ2n) is 5.35. The van der Waals surface area contributed by atoms with E-state index in [9.17, 15) is 0 Å². The highest BCUT2D eigenvalue weighted by Crippen LogP contribution is 2.23. The van der Waals surface area contributed by atoms with Crippen LogP contribution in [0.2, 0.25) is 0 Å². The van der Waals surface area contributed by atoms with Crippen LogP contribution in [0.25, 0.3) is 0 Å². The first-order chi connectivity index (χ1) is 6.18. The van der Waals surface area contributed by atoms with Gasteiger partial charge in [-0.3, -0.25) is 0 Å². The molecule has 0 radical (unpaired) electrons. The minimum absolute atomic E-state index is 0.128. The predicted molar refractivity (Wildman–Crippen MR) is 59.5 cm³/mol. The molecule has 14 heavy (non-hydrogen) atoms. The van der Waals surface area contributed by atoms with Crippen LogP contribution in [0, 0.1) is 5.92 Å². The molecule has 1 atom stereocenters. The van der Waals surface area contributed by atoms with E-state index in [1.807, 2.05) is 27.7 Å². The van der Waals surface area contributed by atoms with Gasteiger partial charge in [0.1, 0.15) is 0 Å². The molecule has 3 heteroatoms. The average Bonchev–Trinajstić information content (AvgIpc) is 1.99. The summed E-state index contributed by atoms with van der Waals surface area (Å²) in [6.07, 6.45) is 0.892. The van der Waals surface area contributed by atoms with E-state index in [4.69, 9.17) is 4.74 Å². The van der Waals surface area contributed by atoms with E-state index in [0.717, 1.165) is 6.42 Å². The van der Waals surface area contributed by atoms with Gasteiger partial charge in [0.05, 0.1) is 5.54 Å². The average molecular weight is 200 g/mol. The van der Waals surface area contributed by atoms with E-state index in [0.29, 0.717) is 5.92 Å². The topological polar surface area (TPSA) is 34.0 Å². The van der Waals surface area contributed by atoms with Gasteiger partial charge in [-0.2, -0.15) is 10.2 Å². The molecular weight excluding hydrogens is 176 g/mol. The Balaban J connectivity index is 4.47. The lowest BCUT2D eigenvalue weighted by Gasteiger charge is -2.25. The Morgan fingerprint density at radius 3 is 1.86 bits per heavy atom. The third-order valence-electron chi connectivity index (χ3n) is 1.79. The summed E-state index contributed by atoms with van der Waals surface area (Å²) < 4.78 is 5.38. The molecule has 0 aromatic rings. The van der Waals surface area contributed by atoms with Crippen molar-refractivity contribution in [2.75, 3.05) is 7.11 Å². The van der Waals surface area contributed by atoms with Gasteiger partial charge in [0, 0.05) is 13.5 Å². The van der Waals surface area contributed by atoms with Gasteiger partial charge in [-0.05, 0) is 33.6 Å². The fraction of sp³-hybridized carbons (Fsp3) is 1.00. The van der Waals surface area contributed by atoms with Crippen LogP contribution in [0.1, 0.15) is 48.0 Å². The summed E-state index contributed by atoms with van der Waals surface area (Å²) in [4.78, 5) is 0. The van der Waals surface area contributed by atoms with Gasteiger partial charge >= 0.3 is 0 Å². The zero-order valence-electron chi connectivity index (χ0n) is 10.6. The lowest BCUT2D eigenvalue weighted by Crippen LogP contribution is -2.27. The second kappa shape index (κ2) is 4.87. The van der Waals surface area contributed by atoms with Gasteiger partial charge in [0.25, 0.3) is 0 Å². The van der Waals surface area contributed by atoms with Crippen LogP contribution in [-0.4, -0.2) is 18.4 Å². The fourth-order valence-corrected chi connectivity index (χ4v) is 1.18. The van der Waals surface area contributed by atoms with Gasteiger partial charge in [0.15, 0.2) is 5.72 Å². The Morgan fingerprint density at radius 2 is 1.57 bits per heavy atom. The maximum Gasteiger partial charge on any atom is 0.175 e. The molecule has 0 fully saturated rings. The van der Waals surface area contributed by atoms with E-state index in [-0.39, 0.29) is 5.54 Å². The van der Waals surface area contributed by atoms with Gasteiger partial charge in [-0.15, -0.1) is 0 Å². The van der Waals surface area contributed by atoms with Crippen LogP contribution < -0.4 is 0 Å². The highest BCUT2D eigenvalue weighted by Gasteiger charge is 2.25. The van der Waals surface area contributed by atoms with E-state index in [1.54, 1.807) is 7.11 Å². The van der Waals surface area contributed by atoms with Gasteiger partial charge < -0.3 is 4.74 Å². The Labute approximate surface area is 87.9 Å². The predicted octanol–water partition coefficient (Wildman–Crippen LogP) is 3.65. The summed E-state index contributed by atoms with van der Waals surface area (Å²) in [5.74, 6) is 0.555. The molecule has 0 rings (SSSR count). The number of azo groups is 1. The molecule has 0 amide bonds. The second-order valence-corrected chi connectivity index (χ2v) is 5.35. The zero-order chi connectivity index (χ0) is 11.4. The SMILES string of the molecule is COC(C)(CC(C)C)/N=N/C(C)(C)C. The summed E-state index contributed by atoms with van der Waals surface area (Å²) in [5.41, 5.74) is -0.599. The molecule has 0 bridgehead atoms. The van der Waals surface area contributed by atoms with Crippen molar-refractivity contribution in [3.63, 3.8) is 0 Å². The van der Waals surface area contributed by atoms with E-state index in [1.165, 1.54) is 0 Å². The Bertz CT molecular complexity index is 194. The van der Waals surface area contributed by atoms with Gasteiger partial charge in [0.2, 0.25) is 0 Å². The van der Waals surface area contributed by atoms with Crippen LogP contribution in [0.3, 0.4) is 0 Å². The Hall–Kier alpha value is -0.440. The van der Waals surface area contributed by atoms with Crippen molar-refractivity contribution >= 4 is 0 Å². The van der Waals surface area contributed by atoms with E-state index >= 15 is 0 Å². The number of hydrogen-bond donors (Lipinski definition) is 0. The van der Waals surface area contributed by atoms with Crippen molar-refractivity contribution in [1.29, 1.82) is 0 Å². The number of nitrogens with zero attached hydrogens (tertiary/aromatic N) is 2. The normalized spacial score (nSPS) is 17.7. The third-order valence-corrected chi connectivity index (χ3v) is 1.79. The maximum atomic E-state index is 5.38. The van der Waals surface area contributed by atoms with Crippen molar-refractivity contribution in [3.05, 3.63) is 0 Å². The molecule has 1 unspecified atom stereocenters. The number of hydrogen-bond acceptors (Lipinski definition) is 3. The Morgan fingerprint density at radius 1 is 1.07 bits per heavy atom. The Kier molecular flexibility index (Phi) is 4.72. The fourth-order valence-electron chi connectivity index (χ4n) is 1.18. The maximum absolute atomic E-state index is 5.38. The van der Waals surface area contributed by atoms with Crippen LogP contribution >= 0.6 is 0 Å². The minimum Gasteiger partial charge on any atom is -0.356 e. The molecule has 0 aliphatic carbocycles. The summed E-state index contributed by atoms with van der Waals surface area (Å²) in [6, 6.07) is 0. The quantitative estimate of drug-likeness (QED) is 0.638. The first-order valence-electron chi connectivity index (χ1n) is 5.18. The molecule has 0 saturated heterocycles. The number of methoxy groups -OCH3 is 1. The molecule has 84 valence electrons. The molecule has 0 heterocycles. The minimum atomic E-state index is -0.471. The summed E-state index contributed by atoms with van der Waals surface area (Å²) >= 11 is 0. The largest absolute Gasteiger partial charge is 0.356 e. The molecular formula is C11H24N2O. The summed E-state index contributed by atoms with van der Waals surface area (Å²) in [6.45, 7) is 12.4. The lowest BCUT2D eigenvalue weighted by atomic mass is 10.0. The van der Waals surface area contributed by atoms with Crippen molar-refractivity contribution in [2.45, 2.75) is 59.2 Å². The number of rotatable bonds is 4. The molecule has 0 N–H and O–H groups in total. The molecule has 3 nitrogen and oxygen atoms in total. The zero-order valence-corrected chi connectivity index (χ0v) is 10.6. The highest BCUT2D eigenvalue weighted by molar-refractivity contribution is 4.75. The molecule has 0 aromatic heterocycles. The van der Waals surface area contributed by atoms with Crippen LogP contribution in [-0.2, 0) is 4.74 Å². The van der Waals surface area contributed by atoms with Gasteiger partial charge in [-0.1, -0.05) is 13.8 Å². The smallest absolute Gasteiger partial charge is 0.175 e. The molecule has 0 saturated carbocycles. The van der Waals surface area contributed by atoms with Gasteiger partial charge in [-0.25, -0.2) is 0 Å². The van der Waals surface area contributed by atoms with Crippen molar-refractivity contribution in [2.24, 2.45) is 16.1 Å². The standard InChI is InChI=1S/C11H24N2O/c1-9(2)8-11(6,14-7)13-12-10(3,4)5/h9H,8H2,1-7H3/b13-12+.